The van der Waals surface area contributed by atoms with E-state index in [0.717, 1.165) is 30.6 Å². The van der Waals surface area contributed by atoms with Crippen LogP contribution >= 0.6 is 0 Å². The minimum absolute atomic E-state index is 0.0198. The van der Waals surface area contributed by atoms with Crippen molar-refractivity contribution in [3.8, 4) is 0 Å². The molecular weight excluding hydrogens is 316 g/mol. The molecule has 1 aliphatic heterocycles. The lowest BCUT2D eigenvalue weighted by atomic mass is 9.91. The van der Waals surface area contributed by atoms with Crippen molar-refractivity contribution in [1.29, 1.82) is 0 Å². The monoisotopic (exact) mass is 346 g/mol. The molecule has 1 heterocycles. The summed E-state index contributed by atoms with van der Waals surface area (Å²) in [7, 11) is 1.67. The van der Waals surface area contributed by atoms with Crippen molar-refractivity contribution in [1.82, 2.24) is 4.90 Å². The van der Waals surface area contributed by atoms with Crippen molar-refractivity contribution in [3.63, 3.8) is 0 Å². The predicted molar refractivity (Wildman–Crippen MR) is 99.3 cm³/mol. The zero-order valence-electron chi connectivity index (χ0n) is 16.0. The molecule has 5 heteroatoms. The van der Waals surface area contributed by atoms with Gasteiger partial charge in [-0.3, -0.25) is 9.59 Å². The van der Waals surface area contributed by atoms with Crippen LogP contribution in [0, 0.1) is 11.3 Å². The van der Waals surface area contributed by atoms with Gasteiger partial charge in [0.2, 0.25) is 11.8 Å². The molecular formula is C20H30N2O3. The number of carbonyl (C=O) groups excluding carboxylic acids is 2. The number of carbonyl (C=O) groups is 2. The van der Waals surface area contributed by atoms with Crippen LogP contribution < -0.4 is 5.32 Å². The molecule has 1 N–H and O–H groups in total. The number of likely N-dealkylation sites (tertiary alicyclic amines) is 1. The van der Waals surface area contributed by atoms with Crippen LogP contribution in [0.3, 0.4) is 0 Å². The van der Waals surface area contributed by atoms with E-state index < -0.39 is 5.41 Å². The maximum Gasteiger partial charge on any atom is 0.229 e. The van der Waals surface area contributed by atoms with Gasteiger partial charge in [0, 0.05) is 31.3 Å². The van der Waals surface area contributed by atoms with Gasteiger partial charge >= 0.3 is 0 Å². The Labute approximate surface area is 150 Å². The number of piperidine rings is 1. The lowest BCUT2D eigenvalue weighted by Gasteiger charge is -2.35. The van der Waals surface area contributed by atoms with Crippen LogP contribution in [0.2, 0.25) is 0 Å². The lowest BCUT2D eigenvalue weighted by molar-refractivity contribution is -0.142. The van der Waals surface area contributed by atoms with Crippen LogP contribution in [-0.2, 0) is 14.3 Å². The van der Waals surface area contributed by atoms with Crippen LogP contribution in [0.1, 0.15) is 52.2 Å². The Bertz CT molecular complexity index is 622. The van der Waals surface area contributed by atoms with E-state index in [1.807, 2.05) is 56.9 Å². The number of amides is 2. The van der Waals surface area contributed by atoms with Crippen LogP contribution in [0.25, 0.3) is 0 Å². The number of rotatable bonds is 4. The van der Waals surface area contributed by atoms with Gasteiger partial charge in [0.15, 0.2) is 0 Å². The van der Waals surface area contributed by atoms with E-state index in [1.54, 1.807) is 7.11 Å². The molecule has 138 valence electrons. The van der Waals surface area contributed by atoms with E-state index >= 15 is 0 Å². The Morgan fingerprint density at radius 1 is 1.32 bits per heavy atom. The van der Waals surface area contributed by atoms with Gasteiger partial charge in [0.05, 0.1) is 12.0 Å². The first-order valence-corrected chi connectivity index (χ1v) is 8.95. The zero-order chi connectivity index (χ0) is 18.6. The fourth-order valence-electron chi connectivity index (χ4n) is 3.10. The minimum Gasteiger partial charge on any atom is -0.377 e. The van der Waals surface area contributed by atoms with Crippen molar-refractivity contribution in [2.45, 2.75) is 46.6 Å². The number of ether oxygens (including phenoxy) is 1. The summed E-state index contributed by atoms with van der Waals surface area (Å²) >= 11 is 0. The topological polar surface area (TPSA) is 58.6 Å². The minimum atomic E-state index is -0.414. The van der Waals surface area contributed by atoms with E-state index in [2.05, 4.69) is 5.32 Å². The van der Waals surface area contributed by atoms with Crippen LogP contribution in [0.5, 0.6) is 0 Å². The summed E-state index contributed by atoms with van der Waals surface area (Å²) in [5.41, 5.74) is 1.38. The molecule has 0 spiro atoms. The Hall–Kier alpha value is -1.88. The van der Waals surface area contributed by atoms with Crippen molar-refractivity contribution in [2.24, 2.45) is 11.3 Å². The van der Waals surface area contributed by atoms with Gasteiger partial charge in [-0.05, 0) is 37.5 Å². The van der Waals surface area contributed by atoms with Gasteiger partial charge in [-0.1, -0.05) is 32.9 Å². The Balaban J connectivity index is 2.02. The maximum atomic E-state index is 12.7. The van der Waals surface area contributed by atoms with E-state index in [9.17, 15) is 9.59 Å². The summed E-state index contributed by atoms with van der Waals surface area (Å²) in [4.78, 5) is 27.0. The number of methoxy groups -OCH3 is 1. The molecule has 25 heavy (non-hydrogen) atoms. The van der Waals surface area contributed by atoms with Crippen molar-refractivity contribution < 1.29 is 14.3 Å². The number of nitrogens with one attached hydrogen (secondary N) is 1. The smallest absolute Gasteiger partial charge is 0.229 e. The van der Waals surface area contributed by atoms with Gasteiger partial charge in [-0.2, -0.15) is 0 Å². The molecule has 0 bridgehead atoms. The second kappa shape index (κ2) is 8.00. The highest BCUT2D eigenvalue weighted by Gasteiger charge is 2.33. The van der Waals surface area contributed by atoms with Gasteiger partial charge in [-0.25, -0.2) is 0 Å². The largest absolute Gasteiger partial charge is 0.377 e. The zero-order valence-corrected chi connectivity index (χ0v) is 16.0. The third-order valence-electron chi connectivity index (χ3n) is 4.70. The van der Waals surface area contributed by atoms with Crippen LogP contribution in [0.15, 0.2) is 24.3 Å². The molecule has 1 saturated heterocycles. The third kappa shape index (κ3) is 5.05. The molecule has 2 amide bonds. The highest BCUT2D eigenvalue weighted by molar-refractivity contribution is 5.93. The second-order valence-electron chi connectivity index (χ2n) is 7.83. The molecule has 0 saturated carbocycles. The van der Waals surface area contributed by atoms with Gasteiger partial charge in [0.25, 0.3) is 0 Å². The first-order chi connectivity index (χ1) is 11.7. The molecule has 1 fully saturated rings. The van der Waals surface area contributed by atoms with E-state index in [-0.39, 0.29) is 23.8 Å². The molecule has 2 rings (SSSR count). The third-order valence-corrected chi connectivity index (χ3v) is 4.70. The summed E-state index contributed by atoms with van der Waals surface area (Å²) in [6.07, 6.45) is 1.65. The average Bonchev–Trinajstić information content (AvgIpc) is 2.59. The quantitative estimate of drug-likeness (QED) is 0.906. The van der Waals surface area contributed by atoms with E-state index in [1.165, 1.54) is 0 Å². The number of hydrogen-bond acceptors (Lipinski definition) is 3. The lowest BCUT2D eigenvalue weighted by Crippen LogP contribution is -2.47. The van der Waals surface area contributed by atoms with Gasteiger partial charge < -0.3 is 15.0 Å². The van der Waals surface area contributed by atoms with Gasteiger partial charge in [0.1, 0.15) is 0 Å². The van der Waals surface area contributed by atoms with Crippen molar-refractivity contribution >= 4 is 17.5 Å². The number of anilines is 1. The molecule has 1 aromatic carbocycles. The molecule has 0 aliphatic carbocycles. The summed E-state index contributed by atoms with van der Waals surface area (Å²) in [5, 5.41) is 3.00. The van der Waals surface area contributed by atoms with Crippen LogP contribution in [0.4, 0.5) is 5.69 Å². The molecule has 0 unspecified atom stereocenters. The number of nitrogens with zero attached hydrogens (tertiary/aromatic N) is 1. The number of benzene rings is 1. The second-order valence-corrected chi connectivity index (χ2v) is 7.83. The number of hydrogen-bond donors (Lipinski definition) is 1. The van der Waals surface area contributed by atoms with Gasteiger partial charge in [-0.15, -0.1) is 0 Å². The first kappa shape index (κ1) is 19.4. The summed E-state index contributed by atoms with van der Waals surface area (Å²) in [6.45, 7) is 8.96. The summed E-state index contributed by atoms with van der Waals surface area (Å²) < 4.78 is 5.33. The van der Waals surface area contributed by atoms with E-state index in [4.69, 9.17) is 4.74 Å². The molecule has 0 aromatic heterocycles. The standard InChI is InChI=1S/C20H30N2O3/c1-14(25-5)15-8-6-10-17(12-15)21-18(23)16-9-7-11-22(13-16)19(24)20(2,3)4/h6,8,10,12,14,16H,7,9,11,13H2,1-5H3,(H,21,23)/t14-,16+/m0/s1. The normalized spacial score (nSPS) is 19.4. The highest BCUT2D eigenvalue weighted by Crippen LogP contribution is 2.25. The fraction of sp³-hybridized carbons (Fsp3) is 0.600. The first-order valence-electron chi connectivity index (χ1n) is 8.95. The average molecular weight is 346 g/mol. The SMILES string of the molecule is CO[C@@H](C)c1cccc(NC(=O)[C@@H]2CCCN(C(=O)C(C)(C)C)C2)c1. The summed E-state index contributed by atoms with van der Waals surface area (Å²) in [6, 6.07) is 7.71. The predicted octanol–water partition coefficient (Wildman–Crippen LogP) is 3.62. The van der Waals surface area contributed by atoms with E-state index in [0.29, 0.717) is 6.54 Å². The fourth-order valence-corrected chi connectivity index (χ4v) is 3.10. The molecule has 5 nitrogen and oxygen atoms in total. The Morgan fingerprint density at radius 2 is 2.04 bits per heavy atom. The molecule has 2 atom stereocenters. The Kier molecular flexibility index (Phi) is 6.22. The Morgan fingerprint density at radius 3 is 2.68 bits per heavy atom. The van der Waals surface area contributed by atoms with Crippen molar-refractivity contribution in [3.05, 3.63) is 29.8 Å². The maximum absolute atomic E-state index is 12.7. The summed E-state index contributed by atoms with van der Waals surface area (Å²) in [5.74, 6) is -0.0712. The molecule has 1 aliphatic rings. The van der Waals surface area contributed by atoms with Crippen LogP contribution in [-0.4, -0.2) is 36.9 Å². The molecule has 1 aromatic rings. The highest BCUT2D eigenvalue weighted by atomic mass is 16.5. The van der Waals surface area contributed by atoms with Crippen molar-refractivity contribution in [2.75, 3.05) is 25.5 Å². The molecule has 0 radical (unpaired) electrons.